The molecule has 0 aliphatic heterocycles. The summed E-state index contributed by atoms with van der Waals surface area (Å²) >= 11 is 0. The van der Waals surface area contributed by atoms with Crippen molar-refractivity contribution in [1.82, 2.24) is 9.97 Å². The van der Waals surface area contributed by atoms with Crippen molar-refractivity contribution in [3.8, 4) is 33.6 Å². The summed E-state index contributed by atoms with van der Waals surface area (Å²) in [7, 11) is 0. The van der Waals surface area contributed by atoms with Gasteiger partial charge in [-0.25, -0.2) is 0 Å². The van der Waals surface area contributed by atoms with Crippen molar-refractivity contribution < 1.29 is 28.9 Å². The summed E-state index contributed by atoms with van der Waals surface area (Å²) in [6.07, 6.45) is 3.86. The molecule has 277 valence electrons. The Morgan fingerprint density at radius 3 is 1.70 bits per heavy atom. The summed E-state index contributed by atoms with van der Waals surface area (Å²) < 4.78 is 13.4. The van der Waals surface area contributed by atoms with E-state index in [0.29, 0.717) is 0 Å². The zero-order valence-corrected chi connectivity index (χ0v) is 34.3. The quantitative estimate of drug-likeness (QED) is 0.166. The first kappa shape index (κ1) is 36.3. The van der Waals surface area contributed by atoms with Gasteiger partial charge in [0.1, 0.15) is 22.3 Å². The van der Waals surface area contributed by atoms with Gasteiger partial charge in [0.05, 0.1) is 5.39 Å². The van der Waals surface area contributed by atoms with E-state index < -0.39 is 0 Å². The van der Waals surface area contributed by atoms with Crippen molar-refractivity contribution in [2.24, 2.45) is 0 Å². The van der Waals surface area contributed by atoms with Crippen molar-refractivity contribution in [3.63, 3.8) is 0 Å². The van der Waals surface area contributed by atoms with Crippen LogP contribution in [-0.4, -0.2) is 9.97 Å². The fourth-order valence-corrected chi connectivity index (χ4v) is 7.73. The zero-order valence-electron chi connectivity index (χ0n) is 31.9. The zero-order chi connectivity index (χ0) is 37.9. The van der Waals surface area contributed by atoms with Gasteiger partial charge < -0.3 is 18.8 Å². The third-order valence-corrected chi connectivity index (χ3v) is 10.9. The van der Waals surface area contributed by atoms with E-state index in [-0.39, 0.29) is 20.1 Å². The van der Waals surface area contributed by atoms with Gasteiger partial charge in [-0.1, -0.05) is 73.2 Å². The SMILES string of the molecule is Cc1c[c-]c(-c2cc(C)c(C)cn2)cc1.Cc1cnc(-c2[c-]cccc2)cc1-c1cc2oc3cc4ccccc4cc3c2c2oc3cc4ccccc4cc3c12.[Ir]. The minimum absolute atomic E-state index is 0. The van der Waals surface area contributed by atoms with E-state index in [4.69, 9.17) is 13.8 Å². The maximum atomic E-state index is 6.79. The Balaban J connectivity index is 0.000000224. The third-order valence-electron chi connectivity index (χ3n) is 10.9. The molecule has 4 nitrogen and oxygen atoms in total. The first-order valence-corrected chi connectivity index (χ1v) is 18.9. The van der Waals surface area contributed by atoms with Crippen LogP contribution in [0, 0.1) is 39.8 Å². The van der Waals surface area contributed by atoms with Crippen LogP contribution in [0.5, 0.6) is 0 Å². The molecule has 0 atom stereocenters. The van der Waals surface area contributed by atoms with Gasteiger partial charge in [0.25, 0.3) is 0 Å². The molecular formula is C52H36IrN2O2-2. The molecule has 57 heavy (non-hydrogen) atoms. The third kappa shape index (κ3) is 6.49. The molecule has 0 spiro atoms. The van der Waals surface area contributed by atoms with E-state index in [0.717, 1.165) is 93.9 Å². The number of benzene rings is 7. The number of pyridine rings is 2. The van der Waals surface area contributed by atoms with Crippen LogP contribution in [0.1, 0.15) is 22.3 Å². The number of furan rings is 2. The van der Waals surface area contributed by atoms with Gasteiger partial charge in [0.2, 0.25) is 0 Å². The van der Waals surface area contributed by atoms with Crippen LogP contribution in [0.2, 0.25) is 0 Å². The van der Waals surface area contributed by atoms with E-state index in [1.165, 1.54) is 27.5 Å². The Bertz CT molecular complexity index is 3290. The molecule has 1 radical (unpaired) electrons. The number of nitrogens with zero attached hydrogens (tertiary/aromatic N) is 2. The molecule has 0 bridgehead atoms. The molecule has 0 saturated heterocycles. The van der Waals surface area contributed by atoms with Gasteiger partial charge in [-0.2, -0.15) is 0 Å². The molecule has 0 N–H and O–H groups in total. The molecule has 7 aromatic carbocycles. The smallest absolute Gasteiger partial charge is 0.147 e. The first-order chi connectivity index (χ1) is 27.4. The Hall–Kier alpha value is -6.39. The van der Waals surface area contributed by atoms with Crippen LogP contribution in [0.4, 0.5) is 0 Å². The fraction of sp³-hybridized carbons (Fsp3) is 0.0769. The van der Waals surface area contributed by atoms with E-state index >= 15 is 0 Å². The van der Waals surface area contributed by atoms with E-state index in [9.17, 15) is 0 Å². The molecule has 0 amide bonds. The Labute approximate surface area is 344 Å². The number of fused-ring (bicyclic) bond motifs is 9. The fourth-order valence-electron chi connectivity index (χ4n) is 7.73. The van der Waals surface area contributed by atoms with Gasteiger partial charge in [0, 0.05) is 48.7 Å². The summed E-state index contributed by atoms with van der Waals surface area (Å²) in [5, 5.41) is 8.92. The maximum Gasteiger partial charge on any atom is 0.147 e. The van der Waals surface area contributed by atoms with E-state index in [1.54, 1.807) is 0 Å². The molecule has 4 heterocycles. The Kier molecular flexibility index (Phi) is 9.29. The first-order valence-electron chi connectivity index (χ1n) is 18.9. The summed E-state index contributed by atoms with van der Waals surface area (Å²) in [6.45, 7) is 8.35. The molecule has 11 rings (SSSR count). The van der Waals surface area contributed by atoms with Crippen molar-refractivity contribution in [3.05, 3.63) is 180 Å². The second kappa shape index (κ2) is 14.6. The molecule has 11 aromatic rings. The summed E-state index contributed by atoms with van der Waals surface area (Å²) in [5.41, 5.74) is 14.3. The molecule has 5 heteroatoms. The molecule has 4 aromatic heterocycles. The Morgan fingerprint density at radius 2 is 1.07 bits per heavy atom. The number of rotatable bonds is 3. The predicted octanol–water partition coefficient (Wildman–Crippen LogP) is 14.1. The van der Waals surface area contributed by atoms with Gasteiger partial charge in [-0.3, -0.25) is 0 Å². The monoisotopic (exact) mass is 913 g/mol. The van der Waals surface area contributed by atoms with Gasteiger partial charge in [-0.15, -0.1) is 71.3 Å². The summed E-state index contributed by atoms with van der Waals surface area (Å²) in [4.78, 5) is 9.16. The second-order valence-electron chi connectivity index (χ2n) is 14.7. The second-order valence-corrected chi connectivity index (χ2v) is 14.7. The van der Waals surface area contributed by atoms with Crippen LogP contribution >= 0.6 is 0 Å². The van der Waals surface area contributed by atoms with E-state index in [2.05, 4.69) is 148 Å². The molecule has 0 fully saturated rings. The number of hydrogen-bond donors (Lipinski definition) is 0. The number of aryl methyl sites for hydroxylation is 4. The normalized spacial score (nSPS) is 11.4. The van der Waals surface area contributed by atoms with Gasteiger partial charge in [0.15, 0.2) is 0 Å². The van der Waals surface area contributed by atoms with Gasteiger partial charge >= 0.3 is 0 Å². The molecule has 0 aliphatic rings. The number of aromatic nitrogens is 2. The summed E-state index contributed by atoms with van der Waals surface area (Å²) in [6, 6.07) is 52.7. The summed E-state index contributed by atoms with van der Waals surface area (Å²) in [5.74, 6) is 0. The van der Waals surface area contributed by atoms with Crippen LogP contribution in [0.15, 0.2) is 155 Å². The van der Waals surface area contributed by atoms with Gasteiger partial charge in [-0.05, 0) is 106 Å². The predicted molar refractivity (Wildman–Crippen MR) is 231 cm³/mol. The van der Waals surface area contributed by atoms with Crippen molar-refractivity contribution in [2.75, 3.05) is 0 Å². The van der Waals surface area contributed by atoms with Crippen molar-refractivity contribution in [1.29, 1.82) is 0 Å². The standard InChI is InChI=1S/C38H22NO2.C14H14N.Ir/c1-22-21-39-32(23-9-3-2-4-10-23)19-28(22)29-20-35-37(31-16-25-12-6-7-13-26(25)17-33(31)40-35)38-36(29)30-15-24-11-5-8-14-27(24)18-34(30)41-38;1-10-4-6-13(7-5-10)14-8-11(2)12(3)9-15-14;/h2-9,11-21H,1H3;4-6,8-9H,1-3H3;/q2*-1;. The maximum absolute atomic E-state index is 6.79. The minimum atomic E-state index is 0. The molecule has 0 saturated carbocycles. The average Bonchev–Trinajstić information content (AvgIpc) is 3.78. The van der Waals surface area contributed by atoms with Crippen molar-refractivity contribution >= 4 is 65.4 Å². The Morgan fingerprint density at radius 1 is 0.474 bits per heavy atom. The van der Waals surface area contributed by atoms with Crippen LogP contribution in [-0.2, 0) is 20.1 Å². The topological polar surface area (TPSA) is 52.1 Å². The largest absolute Gasteiger partial charge is 0.456 e. The minimum Gasteiger partial charge on any atom is -0.456 e. The molecular weight excluding hydrogens is 877 g/mol. The van der Waals surface area contributed by atoms with E-state index in [1.807, 2.05) is 42.7 Å². The van der Waals surface area contributed by atoms with Crippen molar-refractivity contribution in [2.45, 2.75) is 27.7 Å². The molecule has 0 unspecified atom stereocenters. The van der Waals surface area contributed by atoms with Crippen LogP contribution < -0.4 is 0 Å². The van der Waals surface area contributed by atoms with Crippen LogP contribution in [0.25, 0.3) is 99.1 Å². The average molecular weight is 913 g/mol. The number of hydrogen-bond acceptors (Lipinski definition) is 4. The molecule has 0 aliphatic carbocycles. The van der Waals surface area contributed by atoms with Crippen LogP contribution in [0.3, 0.4) is 0 Å².